The van der Waals surface area contributed by atoms with Crippen molar-refractivity contribution in [3.05, 3.63) is 5.92 Å². The van der Waals surface area contributed by atoms with Crippen molar-refractivity contribution < 1.29 is 13.5 Å². The van der Waals surface area contributed by atoms with Crippen molar-refractivity contribution in [1.82, 2.24) is 0 Å². The minimum atomic E-state index is -2.59. The summed E-state index contributed by atoms with van der Waals surface area (Å²) in [6.07, 6.45) is 1.96. The first kappa shape index (κ1) is 5.95. The molecule has 1 fully saturated rings. The number of rotatable bonds is 3. The van der Waals surface area contributed by atoms with E-state index in [1.165, 1.54) is 0 Å². The van der Waals surface area contributed by atoms with E-state index in [0.717, 1.165) is 18.8 Å². The second kappa shape index (κ2) is 2.40. The fraction of sp³-hybridized carbons (Fsp3) is 0.800. The molecule has 0 bridgehead atoms. The number of ether oxygens (including phenoxy) is 1. The Morgan fingerprint density at radius 2 is 2.12 bits per heavy atom. The maximum Gasteiger partial charge on any atom is 0.345 e. The molecule has 0 saturated heterocycles. The van der Waals surface area contributed by atoms with Crippen LogP contribution in [-0.2, 0) is 4.74 Å². The van der Waals surface area contributed by atoms with Crippen LogP contribution in [-0.4, -0.2) is 13.2 Å². The van der Waals surface area contributed by atoms with Crippen molar-refractivity contribution >= 4 is 0 Å². The standard InChI is InChI=1S/C5H7F2O/c6-5(7)8-3-4-1-2-4/h5H,1-3H2. The van der Waals surface area contributed by atoms with E-state index < -0.39 is 6.61 Å². The van der Waals surface area contributed by atoms with Gasteiger partial charge in [-0.1, -0.05) is 0 Å². The van der Waals surface area contributed by atoms with Gasteiger partial charge in [-0.25, -0.2) is 0 Å². The molecule has 0 atom stereocenters. The van der Waals surface area contributed by atoms with Gasteiger partial charge >= 0.3 is 6.61 Å². The molecule has 0 aromatic carbocycles. The van der Waals surface area contributed by atoms with E-state index in [9.17, 15) is 8.78 Å². The lowest BCUT2D eigenvalue weighted by atomic mass is 10.5. The Morgan fingerprint density at radius 3 is 2.50 bits per heavy atom. The van der Waals surface area contributed by atoms with E-state index in [1.54, 1.807) is 0 Å². The van der Waals surface area contributed by atoms with Crippen LogP contribution in [0.3, 0.4) is 0 Å². The highest BCUT2D eigenvalue weighted by atomic mass is 19.3. The zero-order valence-electron chi connectivity index (χ0n) is 4.36. The average Bonchev–Trinajstić information content (AvgIpc) is 2.41. The maximum atomic E-state index is 11.2. The molecule has 1 saturated carbocycles. The lowest BCUT2D eigenvalue weighted by Crippen LogP contribution is -2.00. The predicted octanol–water partition coefficient (Wildman–Crippen LogP) is 1.59. The van der Waals surface area contributed by atoms with Gasteiger partial charge in [0, 0.05) is 5.92 Å². The Bertz CT molecular complexity index is 68.8. The second-order valence-corrected chi connectivity index (χ2v) is 1.82. The Kier molecular flexibility index (Phi) is 1.78. The van der Waals surface area contributed by atoms with Crippen LogP contribution in [0.25, 0.3) is 0 Å². The highest BCUT2D eigenvalue weighted by Crippen LogP contribution is 2.31. The van der Waals surface area contributed by atoms with Gasteiger partial charge in [0.1, 0.15) is 0 Å². The van der Waals surface area contributed by atoms with Crippen molar-refractivity contribution in [2.24, 2.45) is 0 Å². The molecule has 1 aliphatic rings. The van der Waals surface area contributed by atoms with Crippen LogP contribution in [0.5, 0.6) is 0 Å². The minimum absolute atomic E-state index is 0.164. The van der Waals surface area contributed by atoms with Gasteiger partial charge in [-0.2, -0.15) is 8.78 Å². The zero-order chi connectivity index (χ0) is 5.98. The van der Waals surface area contributed by atoms with Gasteiger partial charge in [0.25, 0.3) is 0 Å². The fourth-order valence-corrected chi connectivity index (χ4v) is 0.414. The molecule has 1 aliphatic carbocycles. The highest BCUT2D eigenvalue weighted by Gasteiger charge is 2.23. The van der Waals surface area contributed by atoms with Gasteiger partial charge in [-0.3, -0.25) is 0 Å². The summed E-state index contributed by atoms with van der Waals surface area (Å²) in [5.41, 5.74) is 0. The van der Waals surface area contributed by atoms with Gasteiger partial charge in [0.2, 0.25) is 0 Å². The van der Waals surface area contributed by atoms with Gasteiger partial charge in [0.15, 0.2) is 0 Å². The van der Waals surface area contributed by atoms with E-state index in [2.05, 4.69) is 4.74 Å². The largest absolute Gasteiger partial charge is 0.345 e. The van der Waals surface area contributed by atoms with Crippen LogP contribution < -0.4 is 0 Å². The summed E-state index contributed by atoms with van der Waals surface area (Å²) in [5.74, 6) is 1.10. The smallest absolute Gasteiger partial charge is 0.322 e. The number of alkyl halides is 2. The van der Waals surface area contributed by atoms with E-state index in [-0.39, 0.29) is 6.61 Å². The van der Waals surface area contributed by atoms with Crippen LogP contribution >= 0.6 is 0 Å². The number of halogens is 2. The zero-order valence-corrected chi connectivity index (χ0v) is 4.36. The van der Waals surface area contributed by atoms with Gasteiger partial charge in [-0.05, 0) is 12.8 Å². The van der Waals surface area contributed by atoms with Gasteiger partial charge < -0.3 is 4.74 Å². The third-order valence-electron chi connectivity index (χ3n) is 1.02. The Hall–Kier alpha value is -0.180. The van der Waals surface area contributed by atoms with Crippen molar-refractivity contribution in [3.8, 4) is 0 Å². The molecule has 0 aromatic rings. The van der Waals surface area contributed by atoms with Crippen LogP contribution in [0.1, 0.15) is 12.8 Å². The van der Waals surface area contributed by atoms with Crippen LogP contribution in [0.4, 0.5) is 8.78 Å². The van der Waals surface area contributed by atoms with Crippen LogP contribution in [0, 0.1) is 5.92 Å². The van der Waals surface area contributed by atoms with Crippen molar-refractivity contribution in [2.75, 3.05) is 6.61 Å². The topological polar surface area (TPSA) is 9.23 Å². The summed E-state index contributed by atoms with van der Waals surface area (Å²) in [6, 6.07) is 0. The molecule has 1 radical (unpaired) electrons. The average molecular weight is 121 g/mol. The fourth-order valence-electron chi connectivity index (χ4n) is 0.414. The number of hydrogen-bond acceptors (Lipinski definition) is 1. The van der Waals surface area contributed by atoms with E-state index in [4.69, 9.17) is 0 Å². The van der Waals surface area contributed by atoms with Crippen molar-refractivity contribution in [2.45, 2.75) is 19.5 Å². The van der Waals surface area contributed by atoms with Crippen LogP contribution in [0.15, 0.2) is 0 Å². The Labute approximate surface area is 46.6 Å². The third kappa shape index (κ3) is 2.21. The predicted molar refractivity (Wildman–Crippen MR) is 24.4 cm³/mol. The summed E-state index contributed by atoms with van der Waals surface area (Å²) in [7, 11) is 0. The Balaban J connectivity index is 1.87. The van der Waals surface area contributed by atoms with E-state index in [0.29, 0.717) is 0 Å². The maximum absolute atomic E-state index is 11.2. The van der Waals surface area contributed by atoms with Gasteiger partial charge in [-0.15, -0.1) is 0 Å². The van der Waals surface area contributed by atoms with E-state index in [1.807, 2.05) is 0 Å². The molecule has 1 rings (SSSR count). The first-order valence-electron chi connectivity index (χ1n) is 2.52. The molecule has 0 heterocycles. The molecule has 0 N–H and O–H groups in total. The highest BCUT2D eigenvalue weighted by molar-refractivity contribution is 5.04. The molecule has 0 amide bonds. The SMILES string of the molecule is FC(F)OC[C]1CC1. The molecule has 0 spiro atoms. The first-order valence-corrected chi connectivity index (χ1v) is 2.52. The van der Waals surface area contributed by atoms with E-state index >= 15 is 0 Å². The summed E-state index contributed by atoms with van der Waals surface area (Å²) in [5, 5.41) is 0. The normalized spacial score (nSPS) is 19.9. The lowest BCUT2D eigenvalue weighted by molar-refractivity contribution is -0.123. The van der Waals surface area contributed by atoms with Gasteiger partial charge in [0.05, 0.1) is 6.61 Å². The second-order valence-electron chi connectivity index (χ2n) is 1.82. The molecule has 0 aromatic heterocycles. The molecular weight excluding hydrogens is 114 g/mol. The third-order valence-corrected chi connectivity index (χ3v) is 1.02. The summed E-state index contributed by atoms with van der Waals surface area (Å²) in [6.45, 7) is -2.43. The molecule has 0 unspecified atom stereocenters. The Morgan fingerprint density at radius 1 is 1.50 bits per heavy atom. The molecule has 47 valence electrons. The molecule has 3 heteroatoms. The molecule has 8 heavy (non-hydrogen) atoms. The summed E-state index contributed by atoms with van der Waals surface area (Å²) >= 11 is 0. The number of hydrogen-bond donors (Lipinski definition) is 0. The summed E-state index contributed by atoms with van der Waals surface area (Å²) < 4.78 is 26.4. The van der Waals surface area contributed by atoms with Crippen molar-refractivity contribution in [3.63, 3.8) is 0 Å². The van der Waals surface area contributed by atoms with Crippen LogP contribution in [0.2, 0.25) is 0 Å². The molecular formula is C5H7F2O. The quantitative estimate of drug-likeness (QED) is 0.551. The molecule has 0 aliphatic heterocycles. The lowest BCUT2D eigenvalue weighted by Gasteiger charge is -1.96. The monoisotopic (exact) mass is 121 g/mol. The summed E-state index contributed by atoms with van der Waals surface area (Å²) in [4.78, 5) is 0. The first-order chi connectivity index (χ1) is 3.79. The minimum Gasteiger partial charge on any atom is -0.322 e. The molecule has 1 nitrogen and oxygen atoms in total. The van der Waals surface area contributed by atoms with Crippen molar-refractivity contribution in [1.29, 1.82) is 0 Å².